The maximum atomic E-state index is 13.8. The maximum absolute atomic E-state index is 13.8. The minimum Gasteiger partial charge on any atom is -0.462 e. The first kappa shape index (κ1) is 29.1. The van der Waals surface area contributed by atoms with Crippen molar-refractivity contribution in [1.29, 1.82) is 0 Å². The summed E-state index contributed by atoms with van der Waals surface area (Å²) in [7, 11) is 3.75. The summed E-state index contributed by atoms with van der Waals surface area (Å²) in [4.78, 5) is 28.8. The highest BCUT2D eigenvalue weighted by molar-refractivity contribution is 5.91. The molecule has 1 amide bonds. The van der Waals surface area contributed by atoms with E-state index in [1.54, 1.807) is 12.0 Å². The largest absolute Gasteiger partial charge is 0.462 e. The molecule has 2 aliphatic carbocycles. The summed E-state index contributed by atoms with van der Waals surface area (Å²) in [5.74, 6) is -0.712. The Balaban J connectivity index is 1.30. The number of piperazine rings is 1. The van der Waals surface area contributed by atoms with Crippen LogP contribution >= 0.6 is 0 Å². The number of halogens is 1. The molecule has 0 radical (unpaired) electrons. The van der Waals surface area contributed by atoms with Crippen molar-refractivity contribution < 1.29 is 18.7 Å². The van der Waals surface area contributed by atoms with Gasteiger partial charge in [0.05, 0.1) is 18.3 Å². The zero-order valence-corrected chi connectivity index (χ0v) is 25.3. The Kier molecular flexibility index (Phi) is 8.24. The van der Waals surface area contributed by atoms with Gasteiger partial charge in [0.2, 0.25) is 0 Å². The quantitative estimate of drug-likeness (QED) is 0.460. The molecule has 0 saturated carbocycles. The lowest BCUT2D eigenvalue weighted by Gasteiger charge is -2.44. The van der Waals surface area contributed by atoms with Crippen molar-refractivity contribution in [3.8, 4) is 6.01 Å². The monoisotopic (exact) mass is 577 g/mol. The second-order valence-electron chi connectivity index (χ2n) is 12.9. The number of hydrogen-bond donors (Lipinski definition) is 0. The van der Waals surface area contributed by atoms with Crippen LogP contribution in [0.1, 0.15) is 53.6 Å². The summed E-state index contributed by atoms with van der Waals surface area (Å²) in [5.41, 5.74) is 6.87. The van der Waals surface area contributed by atoms with E-state index in [1.807, 2.05) is 0 Å². The molecule has 6 rings (SSSR count). The van der Waals surface area contributed by atoms with Gasteiger partial charge < -0.3 is 24.2 Å². The first-order valence-corrected chi connectivity index (χ1v) is 15.5. The fraction of sp³-hybridized carbons (Fsp3) is 0.606. The minimum atomic E-state index is -0.939. The first-order valence-electron chi connectivity index (χ1n) is 15.5. The maximum Gasteiger partial charge on any atom is 0.318 e. The van der Waals surface area contributed by atoms with E-state index in [4.69, 9.17) is 19.4 Å². The number of benzene rings is 1. The standard InChI is InChI=1S/C33H44FN5O3/c1-22-7-5-8-24-17-33(12-10-27(22)24)13-11-28-29(18-33)35-32(42-21-25-9-6-14-37(25)3)36-30(28)38-15-16-39(31(40)23(2)34)26(19-38)20-41-4/h5,7-8,25-26H,2,6,9-21H2,1,3-4H3/t25-,26+,33+/m0/s1. The molecule has 2 fully saturated rings. The number of hydrogen-bond acceptors (Lipinski definition) is 7. The van der Waals surface area contributed by atoms with E-state index in [0.29, 0.717) is 44.9 Å². The molecule has 2 aliphatic heterocycles. The van der Waals surface area contributed by atoms with Gasteiger partial charge in [0.15, 0.2) is 5.83 Å². The molecule has 9 heteroatoms. The third-order valence-corrected chi connectivity index (χ3v) is 10.2. The Hall–Kier alpha value is -3.04. The number of likely N-dealkylation sites (N-methyl/N-ethyl adjacent to an activating group) is 1. The molecule has 4 aliphatic rings. The predicted molar refractivity (Wildman–Crippen MR) is 161 cm³/mol. The Morgan fingerprint density at radius 3 is 2.64 bits per heavy atom. The number of aromatic nitrogens is 2. The van der Waals surface area contributed by atoms with Gasteiger partial charge in [0.1, 0.15) is 12.4 Å². The molecular weight excluding hydrogens is 533 g/mol. The molecule has 3 heterocycles. The van der Waals surface area contributed by atoms with Gasteiger partial charge >= 0.3 is 6.01 Å². The SMILES string of the molecule is C=C(F)C(=O)N1CCN(c2nc(OC[C@@H]3CCCN3C)nc3c2CC[C@@]2(CCc4c(C)cccc4C2)C3)C[C@@H]1COC. The van der Waals surface area contributed by atoms with E-state index in [0.717, 1.165) is 63.0 Å². The second-order valence-corrected chi connectivity index (χ2v) is 12.9. The summed E-state index contributed by atoms with van der Waals surface area (Å²) in [6.07, 6.45) is 8.56. The highest BCUT2D eigenvalue weighted by Crippen LogP contribution is 2.47. The van der Waals surface area contributed by atoms with Crippen molar-refractivity contribution in [3.05, 3.63) is 58.6 Å². The van der Waals surface area contributed by atoms with Crippen LogP contribution in [0.5, 0.6) is 6.01 Å². The molecule has 8 nitrogen and oxygen atoms in total. The number of anilines is 1. The fourth-order valence-electron chi connectivity index (χ4n) is 7.76. The zero-order valence-electron chi connectivity index (χ0n) is 25.3. The van der Waals surface area contributed by atoms with Crippen LogP contribution in [0.2, 0.25) is 0 Å². The number of methoxy groups -OCH3 is 1. The summed E-state index contributed by atoms with van der Waals surface area (Å²) in [6, 6.07) is 7.22. The van der Waals surface area contributed by atoms with Crippen LogP contribution < -0.4 is 9.64 Å². The van der Waals surface area contributed by atoms with Gasteiger partial charge in [-0.1, -0.05) is 24.8 Å². The van der Waals surface area contributed by atoms with Gasteiger partial charge in [0, 0.05) is 38.3 Å². The summed E-state index contributed by atoms with van der Waals surface area (Å²) in [5, 5.41) is 0. The lowest BCUT2D eigenvalue weighted by molar-refractivity contribution is -0.132. The molecule has 2 aromatic rings. The van der Waals surface area contributed by atoms with Crippen LogP contribution in [0.3, 0.4) is 0 Å². The Bertz CT molecular complexity index is 1350. The van der Waals surface area contributed by atoms with Crippen LogP contribution in [0.25, 0.3) is 0 Å². The normalized spacial score (nSPS) is 25.8. The van der Waals surface area contributed by atoms with E-state index in [9.17, 15) is 9.18 Å². The molecule has 1 aromatic carbocycles. The number of ether oxygens (including phenoxy) is 2. The average Bonchev–Trinajstić information content (AvgIpc) is 3.39. The Morgan fingerprint density at radius 1 is 1.10 bits per heavy atom. The molecule has 3 atom stereocenters. The average molecular weight is 578 g/mol. The molecule has 0 unspecified atom stereocenters. The number of carbonyl (C=O) groups is 1. The van der Waals surface area contributed by atoms with E-state index >= 15 is 0 Å². The van der Waals surface area contributed by atoms with Crippen molar-refractivity contribution in [2.75, 3.05) is 58.5 Å². The van der Waals surface area contributed by atoms with E-state index in [2.05, 4.69) is 48.5 Å². The molecule has 1 aromatic heterocycles. The molecule has 0 bridgehead atoms. The lowest BCUT2D eigenvalue weighted by atomic mass is 9.63. The van der Waals surface area contributed by atoms with Gasteiger partial charge in [-0.05, 0) is 94.0 Å². The number of aryl methyl sites for hydroxylation is 1. The van der Waals surface area contributed by atoms with Crippen molar-refractivity contribution >= 4 is 11.7 Å². The molecule has 42 heavy (non-hydrogen) atoms. The molecule has 226 valence electrons. The fourth-order valence-corrected chi connectivity index (χ4v) is 7.76. The molecule has 1 spiro atoms. The highest BCUT2D eigenvalue weighted by Gasteiger charge is 2.41. The van der Waals surface area contributed by atoms with Crippen LogP contribution in [-0.4, -0.2) is 91.3 Å². The van der Waals surface area contributed by atoms with Crippen molar-refractivity contribution in [1.82, 2.24) is 19.8 Å². The number of fused-ring (bicyclic) bond motifs is 2. The summed E-state index contributed by atoms with van der Waals surface area (Å²) in [6.45, 7) is 8.85. The molecule has 0 N–H and O–H groups in total. The lowest BCUT2D eigenvalue weighted by Crippen LogP contribution is -2.57. The molecule has 2 saturated heterocycles. The van der Waals surface area contributed by atoms with Crippen LogP contribution in [0.15, 0.2) is 30.6 Å². The zero-order chi connectivity index (χ0) is 29.4. The number of amides is 1. The van der Waals surface area contributed by atoms with Crippen LogP contribution in [-0.2, 0) is 35.2 Å². The number of nitrogens with zero attached hydrogens (tertiary/aromatic N) is 5. The van der Waals surface area contributed by atoms with E-state index in [1.165, 1.54) is 28.7 Å². The molecular formula is C33H44FN5O3. The number of carbonyl (C=O) groups excluding carboxylic acids is 1. The van der Waals surface area contributed by atoms with E-state index in [-0.39, 0.29) is 11.5 Å². The van der Waals surface area contributed by atoms with Crippen molar-refractivity contribution in [2.24, 2.45) is 5.41 Å². The number of rotatable bonds is 7. The van der Waals surface area contributed by atoms with Gasteiger partial charge in [0.25, 0.3) is 5.91 Å². The van der Waals surface area contributed by atoms with Crippen molar-refractivity contribution in [2.45, 2.75) is 70.4 Å². The minimum absolute atomic E-state index is 0.188. The Morgan fingerprint density at radius 2 is 1.90 bits per heavy atom. The van der Waals surface area contributed by atoms with Gasteiger partial charge in [-0.15, -0.1) is 0 Å². The smallest absolute Gasteiger partial charge is 0.318 e. The van der Waals surface area contributed by atoms with Crippen LogP contribution in [0.4, 0.5) is 10.2 Å². The van der Waals surface area contributed by atoms with Crippen LogP contribution in [0, 0.1) is 12.3 Å². The van der Waals surface area contributed by atoms with E-state index < -0.39 is 11.7 Å². The van der Waals surface area contributed by atoms with Crippen molar-refractivity contribution in [3.63, 3.8) is 0 Å². The first-order chi connectivity index (χ1) is 20.3. The topological polar surface area (TPSA) is 71.0 Å². The third kappa shape index (κ3) is 5.65. The van der Waals surface area contributed by atoms with Gasteiger partial charge in [-0.25, -0.2) is 4.39 Å². The third-order valence-electron chi connectivity index (χ3n) is 10.2. The van der Waals surface area contributed by atoms with Gasteiger partial charge in [-0.2, -0.15) is 9.97 Å². The Labute approximate surface area is 248 Å². The highest BCUT2D eigenvalue weighted by atomic mass is 19.1. The summed E-state index contributed by atoms with van der Waals surface area (Å²) < 4.78 is 25.6. The second kappa shape index (κ2) is 11.9. The summed E-state index contributed by atoms with van der Waals surface area (Å²) >= 11 is 0. The predicted octanol–water partition coefficient (Wildman–Crippen LogP) is 4.07. The number of likely N-dealkylation sites (tertiary alicyclic amines) is 1. The van der Waals surface area contributed by atoms with Gasteiger partial charge in [-0.3, -0.25) is 4.79 Å².